The van der Waals surface area contributed by atoms with Gasteiger partial charge < -0.3 is 4.90 Å². The molecule has 0 N–H and O–H groups in total. The van der Waals surface area contributed by atoms with Crippen LogP contribution < -0.4 is 11.2 Å². The maximum Gasteiger partial charge on any atom is 0.331 e. The van der Waals surface area contributed by atoms with Crippen LogP contribution >= 0.6 is 0 Å². The lowest BCUT2D eigenvalue weighted by atomic mass is 10.2. The molecule has 3 heterocycles. The fraction of sp³-hybridized carbons (Fsp3) is 0.467. The predicted molar refractivity (Wildman–Crippen MR) is 82.9 cm³/mol. The second-order valence-electron chi connectivity index (χ2n) is 5.73. The van der Waals surface area contributed by atoms with Crippen LogP contribution in [0.25, 0.3) is 0 Å². The van der Waals surface area contributed by atoms with Crippen molar-refractivity contribution in [2.24, 2.45) is 7.05 Å². The monoisotopic (exact) mass is 317 g/mol. The summed E-state index contributed by atoms with van der Waals surface area (Å²) < 4.78 is 4.08. The SMILES string of the molecule is Cn1c(=O)ccn(CC(=O)N2CCC[C@H]2Cn2cccn2)c1=O. The van der Waals surface area contributed by atoms with Crippen LogP contribution in [0, 0.1) is 0 Å². The Bertz CT molecular complexity index is 805. The van der Waals surface area contributed by atoms with Gasteiger partial charge in [0, 0.05) is 38.2 Å². The lowest BCUT2D eigenvalue weighted by Gasteiger charge is -2.25. The number of aromatic nitrogens is 4. The third kappa shape index (κ3) is 3.10. The van der Waals surface area contributed by atoms with Crippen LogP contribution in [-0.2, 0) is 24.9 Å². The summed E-state index contributed by atoms with van der Waals surface area (Å²) in [5.74, 6) is -0.111. The van der Waals surface area contributed by atoms with Gasteiger partial charge in [-0.05, 0) is 18.9 Å². The van der Waals surface area contributed by atoms with Crippen molar-refractivity contribution in [1.29, 1.82) is 0 Å². The summed E-state index contributed by atoms with van der Waals surface area (Å²) in [4.78, 5) is 37.8. The van der Waals surface area contributed by atoms with Crippen LogP contribution in [0.1, 0.15) is 12.8 Å². The molecule has 1 saturated heterocycles. The van der Waals surface area contributed by atoms with Crippen molar-refractivity contribution < 1.29 is 4.79 Å². The van der Waals surface area contributed by atoms with Gasteiger partial charge in [0.15, 0.2) is 0 Å². The molecule has 0 bridgehead atoms. The molecule has 3 rings (SSSR count). The molecule has 2 aromatic rings. The van der Waals surface area contributed by atoms with E-state index in [1.165, 1.54) is 23.9 Å². The van der Waals surface area contributed by atoms with Gasteiger partial charge in [0.25, 0.3) is 5.56 Å². The molecular weight excluding hydrogens is 298 g/mol. The molecule has 8 heteroatoms. The molecule has 0 spiro atoms. The minimum Gasteiger partial charge on any atom is -0.336 e. The normalized spacial score (nSPS) is 17.6. The highest BCUT2D eigenvalue weighted by molar-refractivity contribution is 5.76. The Labute approximate surface area is 132 Å². The van der Waals surface area contributed by atoms with Gasteiger partial charge in [0.1, 0.15) is 6.54 Å². The van der Waals surface area contributed by atoms with E-state index in [-0.39, 0.29) is 24.1 Å². The third-order valence-corrected chi connectivity index (χ3v) is 4.22. The van der Waals surface area contributed by atoms with Gasteiger partial charge in [-0.3, -0.25) is 23.4 Å². The summed E-state index contributed by atoms with van der Waals surface area (Å²) in [7, 11) is 1.40. The zero-order valence-corrected chi connectivity index (χ0v) is 13.0. The van der Waals surface area contributed by atoms with Crippen LogP contribution in [0.5, 0.6) is 0 Å². The standard InChI is InChI=1S/C15H19N5O3/c1-17-13(21)5-9-18(15(17)23)11-14(22)20-8-2-4-12(20)10-19-7-3-6-16-19/h3,5-7,9,12H,2,4,8,10-11H2,1H3/t12-/m0/s1. The van der Waals surface area contributed by atoms with Crippen molar-refractivity contribution in [1.82, 2.24) is 23.8 Å². The number of carbonyl (C=O) groups is 1. The van der Waals surface area contributed by atoms with E-state index in [2.05, 4.69) is 5.10 Å². The Balaban J connectivity index is 1.73. The maximum absolute atomic E-state index is 12.6. The van der Waals surface area contributed by atoms with E-state index in [0.29, 0.717) is 13.1 Å². The molecule has 0 radical (unpaired) electrons. The molecule has 23 heavy (non-hydrogen) atoms. The van der Waals surface area contributed by atoms with E-state index < -0.39 is 5.69 Å². The topological polar surface area (TPSA) is 82.1 Å². The molecule has 8 nitrogen and oxygen atoms in total. The van der Waals surface area contributed by atoms with Crippen LogP contribution in [0.3, 0.4) is 0 Å². The molecule has 0 aliphatic carbocycles. The average molecular weight is 317 g/mol. The number of hydrogen-bond acceptors (Lipinski definition) is 4. The summed E-state index contributed by atoms with van der Waals surface area (Å²) >= 11 is 0. The van der Waals surface area contributed by atoms with E-state index >= 15 is 0 Å². The fourth-order valence-electron chi connectivity index (χ4n) is 2.95. The molecule has 1 aliphatic rings. The van der Waals surface area contributed by atoms with E-state index in [4.69, 9.17) is 0 Å². The molecule has 0 saturated carbocycles. The zero-order valence-electron chi connectivity index (χ0n) is 13.0. The first-order valence-electron chi connectivity index (χ1n) is 7.59. The lowest BCUT2D eigenvalue weighted by molar-refractivity contribution is -0.133. The summed E-state index contributed by atoms with van der Waals surface area (Å²) in [6.45, 7) is 1.29. The first-order chi connectivity index (χ1) is 11.1. The Kier molecular flexibility index (Phi) is 4.14. The van der Waals surface area contributed by atoms with Crippen molar-refractivity contribution in [3.8, 4) is 0 Å². The van der Waals surface area contributed by atoms with E-state index in [0.717, 1.165) is 17.4 Å². The summed E-state index contributed by atoms with van der Waals surface area (Å²) in [6, 6.07) is 3.23. The fourth-order valence-corrected chi connectivity index (χ4v) is 2.95. The number of likely N-dealkylation sites (tertiary alicyclic amines) is 1. The minimum atomic E-state index is -0.478. The lowest BCUT2D eigenvalue weighted by Crippen LogP contribution is -2.44. The quantitative estimate of drug-likeness (QED) is 0.756. The van der Waals surface area contributed by atoms with Gasteiger partial charge >= 0.3 is 5.69 Å². The van der Waals surface area contributed by atoms with E-state index in [1.807, 2.05) is 16.9 Å². The summed E-state index contributed by atoms with van der Waals surface area (Å²) in [5.41, 5.74) is -0.856. The predicted octanol–water partition coefficient (Wildman–Crippen LogP) is -0.565. The summed E-state index contributed by atoms with van der Waals surface area (Å²) in [5, 5.41) is 4.18. The average Bonchev–Trinajstić information content (AvgIpc) is 3.20. The number of nitrogens with zero attached hydrogens (tertiary/aromatic N) is 5. The highest BCUT2D eigenvalue weighted by Crippen LogP contribution is 2.19. The maximum atomic E-state index is 12.6. The van der Waals surface area contributed by atoms with Gasteiger partial charge in [-0.2, -0.15) is 5.10 Å². The first kappa shape index (κ1) is 15.3. The molecule has 0 unspecified atom stereocenters. The van der Waals surface area contributed by atoms with Crippen molar-refractivity contribution >= 4 is 5.91 Å². The molecule has 122 valence electrons. The van der Waals surface area contributed by atoms with Crippen molar-refractivity contribution in [3.63, 3.8) is 0 Å². The van der Waals surface area contributed by atoms with Crippen LogP contribution in [0.4, 0.5) is 0 Å². The molecular formula is C15H19N5O3. The van der Waals surface area contributed by atoms with E-state index in [9.17, 15) is 14.4 Å². The third-order valence-electron chi connectivity index (χ3n) is 4.22. The zero-order chi connectivity index (χ0) is 16.4. The number of rotatable bonds is 4. The highest BCUT2D eigenvalue weighted by Gasteiger charge is 2.29. The largest absolute Gasteiger partial charge is 0.336 e. The van der Waals surface area contributed by atoms with Gasteiger partial charge in [0.05, 0.1) is 12.6 Å². The number of amides is 1. The Morgan fingerprint density at radius 2 is 2.17 bits per heavy atom. The Morgan fingerprint density at radius 3 is 2.91 bits per heavy atom. The minimum absolute atomic E-state index is 0.0530. The molecule has 1 atom stereocenters. The second kappa shape index (κ2) is 6.23. The Morgan fingerprint density at radius 1 is 1.35 bits per heavy atom. The molecule has 1 aliphatic heterocycles. The van der Waals surface area contributed by atoms with Gasteiger partial charge in [0.2, 0.25) is 5.91 Å². The second-order valence-corrected chi connectivity index (χ2v) is 5.73. The van der Waals surface area contributed by atoms with E-state index in [1.54, 1.807) is 11.1 Å². The molecule has 1 fully saturated rings. The Hall–Kier alpha value is -2.64. The number of carbonyl (C=O) groups excluding carboxylic acids is 1. The highest BCUT2D eigenvalue weighted by atomic mass is 16.2. The van der Waals surface area contributed by atoms with Crippen molar-refractivity contribution in [2.45, 2.75) is 32.0 Å². The van der Waals surface area contributed by atoms with Crippen LogP contribution in [-0.4, -0.2) is 42.3 Å². The van der Waals surface area contributed by atoms with Crippen molar-refractivity contribution in [2.75, 3.05) is 6.54 Å². The summed E-state index contributed by atoms with van der Waals surface area (Å²) in [6.07, 6.45) is 6.83. The van der Waals surface area contributed by atoms with Gasteiger partial charge in [-0.25, -0.2) is 4.79 Å². The molecule has 2 aromatic heterocycles. The molecule has 1 amide bonds. The number of hydrogen-bond donors (Lipinski definition) is 0. The smallest absolute Gasteiger partial charge is 0.331 e. The first-order valence-corrected chi connectivity index (χ1v) is 7.59. The van der Waals surface area contributed by atoms with Crippen LogP contribution in [0.2, 0.25) is 0 Å². The molecule has 0 aromatic carbocycles. The van der Waals surface area contributed by atoms with Gasteiger partial charge in [-0.15, -0.1) is 0 Å². The van der Waals surface area contributed by atoms with Crippen LogP contribution in [0.15, 0.2) is 40.3 Å². The van der Waals surface area contributed by atoms with Gasteiger partial charge in [-0.1, -0.05) is 0 Å². The van der Waals surface area contributed by atoms with Crippen molar-refractivity contribution in [3.05, 3.63) is 51.6 Å².